The first-order valence-corrected chi connectivity index (χ1v) is 9.27. The van der Waals surface area contributed by atoms with Gasteiger partial charge < -0.3 is 20.1 Å². The van der Waals surface area contributed by atoms with Crippen LogP contribution in [0.5, 0.6) is 0 Å². The molecule has 0 aromatic rings. The van der Waals surface area contributed by atoms with Crippen LogP contribution in [0.25, 0.3) is 0 Å². The zero-order valence-electron chi connectivity index (χ0n) is 14.0. The normalized spacial score (nSPS) is 43.7. The number of hydrogen-bond donors (Lipinski definition) is 2. The van der Waals surface area contributed by atoms with Gasteiger partial charge in [0.2, 0.25) is 12.3 Å². The van der Waals surface area contributed by atoms with E-state index in [1.54, 1.807) is 20.8 Å². The van der Waals surface area contributed by atoms with Crippen molar-refractivity contribution >= 4 is 13.7 Å². The first-order chi connectivity index (χ1) is 11.7. The largest absolute Gasteiger partial charge is 0.475 e. The third kappa shape index (κ3) is 3.19. The molecule has 0 radical (unpaired) electrons. The average Bonchev–Trinajstić information content (AvgIpc) is 2.79. The van der Waals surface area contributed by atoms with Gasteiger partial charge in [-0.05, 0) is 20.8 Å². The number of hydrogen-bond acceptors (Lipinski definition) is 9. The maximum atomic E-state index is 12.6. The molecule has 10 nitrogen and oxygen atoms in total. The molecule has 3 aliphatic rings. The second kappa shape index (κ2) is 6.36. The fourth-order valence-corrected chi connectivity index (χ4v) is 4.70. The minimum absolute atomic E-state index is 0.0809. The molecule has 0 saturated carbocycles. The van der Waals surface area contributed by atoms with Crippen LogP contribution < -0.4 is 5.32 Å². The maximum absolute atomic E-state index is 12.6. The predicted octanol–water partition coefficient (Wildman–Crippen LogP) is 0.411. The van der Waals surface area contributed by atoms with Crippen LogP contribution in [-0.2, 0) is 27.7 Å². The molecule has 2 saturated heterocycles. The highest BCUT2D eigenvalue weighted by molar-refractivity contribution is 7.48. The lowest BCUT2D eigenvalue weighted by atomic mass is 9.83. The SMILES string of the molecule is CC(C)O[P@]1(=O)OC[C@H]2O[C@@H](N3C=CC(=O)NC3O)[C@](C)(C#N)[C@@H]2O1. The maximum Gasteiger partial charge on any atom is 0.475 e. The minimum Gasteiger partial charge on any atom is -0.356 e. The Hall–Kier alpha value is -1.47. The fraction of sp³-hybridized carbons (Fsp3) is 0.714. The van der Waals surface area contributed by atoms with Gasteiger partial charge in [0, 0.05) is 12.3 Å². The van der Waals surface area contributed by atoms with E-state index in [1.165, 1.54) is 17.2 Å². The smallest absolute Gasteiger partial charge is 0.356 e. The van der Waals surface area contributed by atoms with Crippen molar-refractivity contribution in [2.45, 2.75) is 51.7 Å². The van der Waals surface area contributed by atoms with Gasteiger partial charge in [-0.25, -0.2) is 4.57 Å². The first kappa shape index (κ1) is 18.3. The van der Waals surface area contributed by atoms with Gasteiger partial charge in [-0.3, -0.25) is 18.4 Å². The fourth-order valence-electron chi connectivity index (χ4n) is 3.05. The summed E-state index contributed by atoms with van der Waals surface area (Å²) in [5.74, 6) is -0.466. The van der Waals surface area contributed by atoms with Gasteiger partial charge in [0.15, 0.2) is 6.23 Å². The van der Waals surface area contributed by atoms with Crippen molar-refractivity contribution in [1.29, 1.82) is 5.26 Å². The molecule has 11 heteroatoms. The number of nitrogens with zero attached hydrogens (tertiary/aromatic N) is 2. The number of amides is 1. The molecule has 0 aromatic heterocycles. The number of carbonyl (C=O) groups excluding carboxylic acids is 1. The summed E-state index contributed by atoms with van der Waals surface area (Å²) in [6.45, 7) is 4.87. The van der Waals surface area contributed by atoms with E-state index < -0.39 is 50.0 Å². The van der Waals surface area contributed by atoms with E-state index in [2.05, 4.69) is 11.4 Å². The van der Waals surface area contributed by atoms with Crippen LogP contribution in [0.1, 0.15) is 20.8 Å². The topological polar surface area (TPSA) is 130 Å². The number of aliphatic hydroxyl groups is 1. The minimum atomic E-state index is -3.82. The van der Waals surface area contributed by atoms with E-state index in [0.717, 1.165) is 0 Å². The van der Waals surface area contributed by atoms with E-state index in [1.807, 2.05) is 0 Å². The van der Waals surface area contributed by atoms with E-state index in [4.69, 9.17) is 18.3 Å². The molecule has 0 aliphatic carbocycles. The highest BCUT2D eigenvalue weighted by Crippen LogP contribution is 2.60. The van der Waals surface area contributed by atoms with Gasteiger partial charge in [-0.2, -0.15) is 5.26 Å². The predicted molar refractivity (Wildman–Crippen MR) is 82.2 cm³/mol. The molecule has 0 bridgehead atoms. The van der Waals surface area contributed by atoms with Crippen molar-refractivity contribution in [2.24, 2.45) is 5.41 Å². The number of nitriles is 1. The molecule has 1 amide bonds. The van der Waals surface area contributed by atoms with Gasteiger partial charge in [-0.15, -0.1) is 0 Å². The van der Waals surface area contributed by atoms with E-state index in [0.29, 0.717) is 0 Å². The van der Waals surface area contributed by atoms with Crippen molar-refractivity contribution < 1.29 is 32.8 Å². The Morgan fingerprint density at radius 2 is 2.32 bits per heavy atom. The summed E-state index contributed by atoms with van der Waals surface area (Å²) < 4.78 is 34.4. The molecule has 0 spiro atoms. The Bertz CT molecular complexity index is 678. The molecule has 0 aromatic carbocycles. The van der Waals surface area contributed by atoms with Gasteiger partial charge >= 0.3 is 7.82 Å². The van der Waals surface area contributed by atoms with Crippen molar-refractivity contribution in [3.8, 4) is 6.07 Å². The standard InChI is InChI=1S/C14H20N3O7P/c1-8(2)23-25(20)21-6-9-11(24-25)14(3,7-15)12(22-9)17-5-4-10(18)16-13(17)19/h4-5,8-9,11-13,19H,6H2,1-3H3,(H,16,18)/t9-,11-,12-,13?,14-,25+/m1/s1. The van der Waals surface area contributed by atoms with E-state index >= 15 is 0 Å². The van der Waals surface area contributed by atoms with Gasteiger partial charge in [0.25, 0.3) is 0 Å². The number of fused-ring (bicyclic) bond motifs is 1. The third-order valence-electron chi connectivity index (χ3n) is 4.19. The van der Waals surface area contributed by atoms with Crippen LogP contribution in [0.4, 0.5) is 0 Å². The zero-order chi connectivity index (χ0) is 18.4. The van der Waals surface area contributed by atoms with E-state index in [-0.39, 0.29) is 6.61 Å². The van der Waals surface area contributed by atoms with Crippen LogP contribution in [-0.4, -0.2) is 53.4 Å². The monoisotopic (exact) mass is 373 g/mol. The van der Waals surface area contributed by atoms with Gasteiger partial charge in [-0.1, -0.05) is 0 Å². The third-order valence-corrected chi connectivity index (χ3v) is 5.82. The van der Waals surface area contributed by atoms with E-state index in [9.17, 15) is 19.7 Å². The molecule has 3 heterocycles. The first-order valence-electron chi connectivity index (χ1n) is 7.81. The lowest BCUT2D eigenvalue weighted by molar-refractivity contribution is -0.150. The molecule has 3 aliphatic heterocycles. The number of nitrogens with one attached hydrogen (secondary N) is 1. The number of aliphatic hydroxyl groups excluding tert-OH is 1. The lowest BCUT2D eigenvalue weighted by Gasteiger charge is -2.39. The van der Waals surface area contributed by atoms with Crippen molar-refractivity contribution in [1.82, 2.24) is 10.2 Å². The number of rotatable bonds is 3. The Morgan fingerprint density at radius 1 is 1.60 bits per heavy atom. The summed E-state index contributed by atoms with van der Waals surface area (Å²) in [5.41, 5.74) is -1.29. The summed E-state index contributed by atoms with van der Waals surface area (Å²) in [4.78, 5) is 12.6. The Morgan fingerprint density at radius 3 is 2.92 bits per heavy atom. The number of phosphoric acid groups is 1. The quantitative estimate of drug-likeness (QED) is 0.675. The zero-order valence-corrected chi connectivity index (χ0v) is 14.9. The highest BCUT2D eigenvalue weighted by Gasteiger charge is 2.62. The average molecular weight is 373 g/mol. The summed E-state index contributed by atoms with van der Waals surface area (Å²) in [6, 6.07) is 2.13. The molecular formula is C14H20N3O7P. The molecule has 138 valence electrons. The van der Waals surface area contributed by atoms with Crippen LogP contribution >= 0.6 is 7.82 Å². The summed E-state index contributed by atoms with van der Waals surface area (Å²) in [5, 5.41) is 22.1. The Balaban J connectivity index is 1.88. The van der Waals surface area contributed by atoms with Crippen LogP contribution in [0.15, 0.2) is 12.3 Å². The summed E-state index contributed by atoms with van der Waals surface area (Å²) in [7, 11) is -3.82. The van der Waals surface area contributed by atoms with Crippen LogP contribution in [0, 0.1) is 16.7 Å². The number of phosphoric ester groups is 1. The Kier molecular flexibility index (Phi) is 4.66. The molecular weight excluding hydrogens is 353 g/mol. The lowest BCUT2D eigenvalue weighted by Crippen LogP contribution is -2.56. The van der Waals surface area contributed by atoms with Crippen LogP contribution in [0.2, 0.25) is 0 Å². The number of carbonyl (C=O) groups is 1. The van der Waals surface area contributed by atoms with Crippen molar-refractivity contribution in [3.05, 3.63) is 12.3 Å². The highest BCUT2D eigenvalue weighted by atomic mass is 31.2. The molecule has 2 fully saturated rings. The molecule has 6 atom stereocenters. The number of ether oxygens (including phenoxy) is 1. The molecule has 1 unspecified atom stereocenters. The second-order valence-corrected chi connectivity index (χ2v) is 8.06. The summed E-state index contributed by atoms with van der Waals surface area (Å²) >= 11 is 0. The molecule has 25 heavy (non-hydrogen) atoms. The van der Waals surface area contributed by atoms with Gasteiger partial charge in [0.1, 0.15) is 17.6 Å². The Labute approximate surface area is 144 Å². The van der Waals surface area contributed by atoms with Gasteiger partial charge in [0.05, 0.1) is 18.8 Å². The molecule has 2 N–H and O–H groups in total. The van der Waals surface area contributed by atoms with Crippen molar-refractivity contribution in [2.75, 3.05) is 6.61 Å². The molecule has 3 rings (SSSR count). The van der Waals surface area contributed by atoms with Crippen LogP contribution in [0.3, 0.4) is 0 Å². The second-order valence-electron chi connectivity index (χ2n) is 6.49. The summed E-state index contributed by atoms with van der Waals surface area (Å²) in [6.07, 6.45) is -1.73. The van der Waals surface area contributed by atoms with Crippen molar-refractivity contribution in [3.63, 3.8) is 0 Å².